The minimum atomic E-state index is 0.129. The molecule has 0 radical (unpaired) electrons. The van der Waals surface area contributed by atoms with Gasteiger partial charge in [0.15, 0.2) is 0 Å². The summed E-state index contributed by atoms with van der Waals surface area (Å²) in [7, 11) is 0. The smallest absolute Gasteiger partial charge is 0.109 e. The van der Waals surface area contributed by atoms with E-state index in [4.69, 9.17) is 4.74 Å². The largest absolute Gasteiger partial charge is 0.369 e. The van der Waals surface area contributed by atoms with E-state index < -0.39 is 0 Å². The second kappa shape index (κ2) is 4.95. The molecule has 1 nitrogen and oxygen atoms in total. The van der Waals surface area contributed by atoms with Crippen molar-refractivity contribution in [3.8, 4) is 11.1 Å². The second-order valence-electron chi connectivity index (χ2n) is 4.78. The average Bonchev–Trinajstić information content (AvgIpc) is 2.74. The lowest BCUT2D eigenvalue weighted by Crippen LogP contribution is -2.03. The zero-order chi connectivity index (χ0) is 12.4. The zero-order valence-corrected chi connectivity index (χ0v) is 10.7. The molecule has 18 heavy (non-hydrogen) atoms. The highest BCUT2D eigenvalue weighted by atomic mass is 16.5. The van der Waals surface area contributed by atoms with Crippen LogP contribution >= 0.6 is 0 Å². The van der Waals surface area contributed by atoms with Crippen molar-refractivity contribution in [3.05, 3.63) is 59.7 Å². The third kappa shape index (κ3) is 1.85. The predicted octanol–water partition coefficient (Wildman–Crippen LogP) is 4.57. The van der Waals surface area contributed by atoms with Gasteiger partial charge in [-0.25, -0.2) is 0 Å². The van der Waals surface area contributed by atoms with Crippen molar-refractivity contribution in [2.45, 2.75) is 25.9 Å². The van der Waals surface area contributed by atoms with Crippen LogP contribution in [-0.2, 0) is 4.74 Å². The van der Waals surface area contributed by atoms with E-state index in [-0.39, 0.29) is 6.10 Å². The lowest BCUT2D eigenvalue weighted by Gasteiger charge is -2.14. The van der Waals surface area contributed by atoms with E-state index in [1.54, 1.807) is 0 Å². The number of benzene rings is 2. The Balaban J connectivity index is 1.98. The first kappa shape index (κ1) is 11.5. The SMILES string of the molecule is CCCCOC1c2ccccc2-c2ccccc21. The fourth-order valence-corrected chi connectivity index (χ4v) is 2.63. The minimum Gasteiger partial charge on any atom is -0.369 e. The fourth-order valence-electron chi connectivity index (χ4n) is 2.63. The van der Waals surface area contributed by atoms with Crippen LogP contribution < -0.4 is 0 Å². The molecule has 0 amide bonds. The molecule has 0 spiro atoms. The van der Waals surface area contributed by atoms with Crippen LogP contribution in [0.15, 0.2) is 48.5 Å². The van der Waals surface area contributed by atoms with Crippen molar-refractivity contribution in [2.75, 3.05) is 6.61 Å². The Morgan fingerprint density at radius 3 is 2.00 bits per heavy atom. The summed E-state index contributed by atoms with van der Waals surface area (Å²) in [5.74, 6) is 0. The van der Waals surface area contributed by atoms with Crippen LogP contribution in [0.5, 0.6) is 0 Å². The number of hydrogen-bond acceptors (Lipinski definition) is 1. The Hall–Kier alpha value is -1.60. The van der Waals surface area contributed by atoms with Gasteiger partial charge < -0.3 is 4.74 Å². The molecule has 2 aromatic carbocycles. The molecule has 0 aliphatic heterocycles. The molecule has 0 saturated heterocycles. The van der Waals surface area contributed by atoms with Crippen molar-refractivity contribution in [1.29, 1.82) is 0 Å². The van der Waals surface area contributed by atoms with E-state index in [2.05, 4.69) is 55.5 Å². The Morgan fingerprint density at radius 1 is 0.889 bits per heavy atom. The second-order valence-corrected chi connectivity index (χ2v) is 4.78. The first-order chi connectivity index (χ1) is 8.92. The van der Waals surface area contributed by atoms with Crippen molar-refractivity contribution in [2.24, 2.45) is 0 Å². The third-order valence-corrected chi connectivity index (χ3v) is 3.56. The van der Waals surface area contributed by atoms with Gasteiger partial charge in [0.25, 0.3) is 0 Å². The van der Waals surface area contributed by atoms with Gasteiger partial charge in [0.05, 0.1) is 0 Å². The molecule has 1 aliphatic carbocycles. The maximum absolute atomic E-state index is 6.10. The Labute approximate surface area is 108 Å². The van der Waals surface area contributed by atoms with Crippen LogP contribution in [0.4, 0.5) is 0 Å². The van der Waals surface area contributed by atoms with E-state index in [0.717, 1.165) is 13.0 Å². The highest BCUT2D eigenvalue weighted by Crippen LogP contribution is 2.44. The third-order valence-electron chi connectivity index (χ3n) is 3.56. The molecule has 2 aromatic rings. The molecule has 1 aliphatic rings. The van der Waals surface area contributed by atoms with Crippen molar-refractivity contribution in [1.82, 2.24) is 0 Å². The number of hydrogen-bond donors (Lipinski definition) is 0. The maximum Gasteiger partial charge on any atom is 0.109 e. The molecule has 0 unspecified atom stereocenters. The molecule has 0 N–H and O–H groups in total. The molecule has 0 aromatic heterocycles. The van der Waals surface area contributed by atoms with Gasteiger partial charge in [-0.2, -0.15) is 0 Å². The van der Waals surface area contributed by atoms with Crippen molar-refractivity contribution < 1.29 is 4.74 Å². The molecule has 1 heteroatoms. The quantitative estimate of drug-likeness (QED) is 0.709. The summed E-state index contributed by atoms with van der Waals surface area (Å²) in [6.45, 7) is 3.03. The Morgan fingerprint density at radius 2 is 1.44 bits per heavy atom. The molecule has 0 heterocycles. The van der Waals surface area contributed by atoms with E-state index in [9.17, 15) is 0 Å². The van der Waals surface area contributed by atoms with Gasteiger partial charge in [0.1, 0.15) is 6.10 Å². The summed E-state index contributed by atoms with van der Waals surface area (Å²) >= 11 is 0. The molecule has 3 rings (SSSR count). The maximum atomic E-state index is 6.10. The van der Waals surface area contributed by atoms with Gasteiger partial charge in [0.2, 0.25) is 0 Å². The standard InChI is InChI=1S/C17H18O/c1-2-3-12-18-17-15-10-6-4-8-13(15)14-9-5-7-11-16(14)17/h4-11,17H,2-3,12H2,1H3. The van der Waals surface area contributed by atoms with Gasteiger partial charge in [0, 0.05) is 6.61 Å². The number of rotatable bonds is 4. The first-order valence-corrected chi connectivity index (χ1v) is 6.71. The lowest BCUT2D eigenvalue weighted by molar-refractivity contribution is 0.0807. The summed E-state index contributed by atoms with van der Waals surface area (Å²) in [6.07, 6.45) is 2.43. The number of ether oxygens (including phenoxy) is 1. The molecular weight excluding hydrogens is 220 g/mol. The van der Waals surface area contributed by atoms with E-state index in [1.165, 1.54) is 28.7 Å². The Kier molecular flexibility index (Phi) is 3.16. The van der Waals surface area contributed by atoms with Gasteiger partial charge in [-0.1, -0.05) is 61.9 Å². The van der Waals surface area contributed by atoms with Crippen molar-refractivity contribution >= 4 is 0 Å². The van der Waals surface area contributed by atoms with Gasteiger partial charge in [-0.3, -0.25) is 0 Å². The van der Waals surface area contributed by atoms with E-state index in [1.807, 2.05) is 0 Å². The molecule has 0 bridgehead atoms. The summed E-state index contributed by atoms with van der Waals surface area (Å²) in [4.78, 5) is 0. The highest BCUT2D eigenvalue weighted by molar-refractivity contribution is 5.77. The molecule has 0 fully saturated rings. The topological polar surface area (TPSA) is 9.23 Å². The van der Waals surface area contributed by atoms with Crippen LogP contribution in [0.3, 0.4) is 0 Å². The van der Waals surface area contributed by atoms with Crippen LogP contribution in [-0.4, -0.2) is 6.61 Å². The minimum absolute atomic E-state index is 0.129. The van der Waals surface area contributed by atoms with Crippen LogP contribution in [0.2, 0.25) is 0 Å². The van der Waals surface area contributed by atoms with Crippen LogP contribution in [0.1, 0.15) is 37.0 Å². The summed E-state index contributed by atoms with van der Waals surface area (Å²) in [5, 5.41) is 0. The zero-order valence-electron chi connectivity index (χ0n) is 10.7. The van der Waals surface area contributed by atoms with Crippen LogP contribution in [0, 0.1) is 0 Å². The monoisotopic (exact) mass is 238 g/mol. The Bertz CT molecular complexity index is 499. The van der Waals surface area contributed by atoms with Crippen LogP contribution in [0.25, 0.3) is 11.1 Å². The molecule has 0 atom stereocenters. The summed E-state index contributed by atoms with van der Waals surface area (Å²) < 4.78 is 6.10. The fraction of sp³-hybridized carbons (Fsp3) is 0.294. The lowest BCUT2D eigenvalue weighted by atomic mass is 10.1. The predicted molar refractivity (Wildman–Crippen MR) is 74.6 cm³/mol. The van der Waals surface area contributed by atoms with Crippen molar-refractivity contribution in [3.63, 3.8) is 0 Å². The molecule has 0 saturated carbocycles. The summed E-state index contributed by atoms with van der Waals surface area (Å²) in [5.41, 5.74) is 5.29. The first-order valence-electron chi connectivity index (χ1n) is 6.71. The normalized spacial score (nSPS) is 13.4. The van der Waals surface area contributed by atoms with Gasteiger partial charge in [-0.15, -0.1) is 0 Å². The van der Waals surface area contributed by atoms with E-state index in [0.29, 0.717) is 0 Å². The summed E-state index contributed by atoms with van der Waals surface area (Å²) in [6, 6.07) is 17.2. The highest BCUT2D eigenvalue weighted by Gasteiger charge is 2.28. The molecular formula is C17H18O. The van der Waals surface area contributed by atoms with Gasteiger partial charge >= 0.3 is 0 Å². The average molecular weight is 238 g/mol. The number of fused-ring (bicyclic) bond motifs is 3. The number of unbranched alkanes of at least 4 members (excludes halogenated alkanes) is 1. The van der Waals surface area contributed by atoms with E-state index >= 15 is 0 Å². The molecule has 92 valence electrons. The van der Waals surface area contributed by atoms with Gasteiger partial charge in [-0.05, 0) is 28.7 Å².